The van der Waals surface area contributed by atoms with Crippen LogP contribution in [0.25, 0.3) is 10.6 Å². The van der Waals surface area contributed by atoms with Gasteiger partial charge >= 0.3 is 0 Å². The summed E-state index contributed by atoms with van der Waals surface area (Å²) in [7, 11) is 0. The number of benzene rings is 1. The molecule has 2 heterocycles. The molecule has 0 aliphatic heterocycles. The molecule has 0 unspecified atom stereocenters. The second kappa shape index (κ2) is 8.17. The van der Waals surface area contributed by atoms with Crippen molar-refractivity contribution in [1.82, 2.24) is 15.3 Å². The van der Waals surface area contributed by atoms with E-state index in [9.17, 15) is 14.9 Å². The summed E-state index contributed by atoms with van der Waals surface area (Å²) in [5.41, 5.74) is 1.70. The number of aromatic nitrogens is 2. The number of nitrogens with one attached hydrogen (secondary N) is 1. The summed E-state index contributed by atoms with van der Waals surface area (Å²) in [5.74, 6) is 0.0844. The second-order valence-corrected chi connectivity index (χ2v) is 6.05. The Morgan fingerprint density at radius 1 is 1.19 bits per heavy atom. The zero-order chi connectivity index (χ0) is 18.4. The first-order chi connectivity index (χ1) is 12.6. The number of non-ortho nitro benzene ring substituents is 1. The molecule has 1 amide bonds. The Balaban J connectivity index is 1.47. The number of nitro groups is 1. The van der Waals surface area contributed by atoms with E-state index in [1.54, 1.807) is 12.4 Å². The number of thiazole rings is 1. The molecule has 1 aromatic carbocycles. The second-order valence-electron chi connectivity index (χ2n) is 5.20. The Kier molecular flexibility index (Phi) is 5.49. The highest BCUT2D eigenvalue weighted by Gasteiger charge is 2.08. The van der Waals surface area contributed by atoms with Gasteiger partial charge in [0.2, 0.25) is 0 Å². The minimum Gasteiger partial charge on any atom is -0.484 e. The van der Waals surface area contributed by atoms with Crippen LogP contribution in [0.5, 0.6) is 5.75 Å². The van der Waals surface area contributed by atoms with E-state index >= 15 is 0 Å². The van der Waals surface area contributed by atoms with Crippen LogP contribution in [-0.2, 0) is 11.3 Å². The predicted octanol–water partition coefficient (Wildman–Crippen LogP) is 2.81. The average Bonchev–Trinajstić information content (AvgIpc) is 3.15. The van der Waals surface area contributed by atoms with Gasteiger partial charge in [-0.15, -0.1) is 11.3 Å². The van der Waals surface area contributed by atoms with Crippen molar-refractivity contribution in [2.45, 2.75) is 6.54 Å². The lowest BCUT2D eigenvalue weighted by Gasteiger charge is -2.06. The first kappa shape index (κ1) is 17.5. The smallest absolute Gasteiger partial charge is 0.269 e. The number of amides is 1. The number of ether oxygens (including phenoxy) is 1. The van der Waals surface area contributed by atoms with Crippen LogP contribution >= 0.6 is 11.3 Å². The van der Waals surface area contributed by atoms with Gasteiger partial charge in [0, 0.05) is 35.5 Å². The fraction of sp³-hybridized carbons (Fsp3) is 0.118. The first-order valence-electron chi connectivity index (χ1n) is 7.60. The Bertz CT molecular complexity index is 897. The summed E-state index contributed by atoms with van der Waals surface area (Å²) in [6.07, 6.45) is 3.40. The molecule has 0 saturated heterocycles. The summed E-state index contributed by atoms with van der Waals surface area (Å²) in [6, 6.07) is 9.30. The van der Waals surface area contributed by atoms with Crippen LogP contribution in [0.2, 0.25) is 0 Å². The average molecular weight is 370 g/mol. The van der Waals surface area contributed by atoms with Crippen LogP contribution in [-0.4, -0.2) is 27.4 Å². The lowest BCUT2D eigenvalue weighted by molar-refractivity contribution is -0.384. The van der Waals surface area contributed by atoms with Gasteiger partial charge in [0.15, 0.2) is 6.61 Å². The van der Waals surface area contributed by atoms with E-state index < -0.39 is 4.92 Å². The molecule has 3 aromatic rings. The van der Waals surface area contributed by atoms with Crippen molar-refractivity contribution in [3.63, 3.8) is 0 Å². The summed E-state index contributed by atoms with van der Waals surface area (Å²) in [5, 5.41) is 16.0. The zero-order valence-electron chi connectivity index (χ0n) is 13.5. The van der Waals surface area contributed by atoms with Gasteiger partial charge in [0.05, 0.1) is 17.2 Å². The summed E-state index contributed by atoms with van der Waals surface area (Å²) in [4.78, 5) is 30.4. The van der Waals surface area contributed by atoms with Gasteiger partial charge in [-0.2, -0.15) is 0 Å². The van der Waals surface area contributed by atoms with Crippen molar-refractivity contribution in [3.05, 3.63) is 70.0 Å². The molecule has 0 spiro atoms. The van der Waals surface area contributed by atoms with Crippen molar-refractivity contribution in [1.29, 1.82) is 0 Å². The van der Waals surface area contributed by atoms with Crippen LogP contribution in [0.15, 0.2) is 54.2 Å². The van der Waals surface area contributed by atoms with Gasteiger partial charge in [0.1, 0.15) is 10.8 Å². The molecule has 132 valence electrons. The van der Waals surface area contributed by atoms with Gasteiger partial charge in [-0.1, -0.05) is 0 Å². The number of hydrogen-bond acceptors (Lipinski definition) is 7. The molecule has 0 saturated carbocycles. The number of nitrogens with zero attached hydrogens (tertiary/aromatic N) is 3. The van der Waals surface area contributed by atoms with Gasteiger partial charge in [-0.25, -0.2) is 4.98 Å². The van der Waals surface area contributed by atoms with E-state index in [-0.39, 0.29) is 18.2 Å². The summed E-state index contributed by atoms with van der Waals surface area (Å²) < 4.78 is 5.31. The zero-order valence-corrected chi connectivity index (χ0v) is 14.3. The number of rotatable bonds is 7. The summed E-state index contributed by atoms with van der Waals surface area (Å²) >= 11 is 1.49. The third-order valence-corrected chi connectivity index (χ3v) is 4.30. The number of pyridine rings is 1. The van der Waals surface area contributed by atoms with Crippen LogP contribution in [0.3, 0.4) is 0 Å². The topological polar surface area (TPSA) is 107 Å². The van der Waals surface area contributed by atoms with Gasteiger partial charge in [0.25, 0.3) is 11.6 Å². The van der Waals surface area contributed by atoms with Crippen molar-refractivity contribution in [3.8, 4) is 16.3 Å². The Morgan fingerprint density at radius 3 is 2.62 bits per heavy atom. The predicted molar refractivity (Wildman–Crippen MR) is 95.8 cm³/mol. The van der Waals surface area contributed by atoms with Gasteiger partial charge < -0.3 is 10.1 Å². The Morgan fingerprint density at radius 2 is 1.92 bits per heavy atom. The van der Waals surface area contributed by atoms with Crippen molar-refractivity contribution >= 4 is 22.9 Å². The van der Waals surface area contributed by atoms with E-state index in [1.165, 1.54) is 35.6 Å². The monoisotopic (exact) mass is 370 g/mol. The van der Waals surface area contributed by atoms with Crippen LogP contribution in [0, 0.1) is 10.1 Å². The summed E-state index contributed by atoms with van der Waals surface area (Å²) in [6.45, 7) is 0.114. The normalized spacial score (nSPS) is 10.3. The maximum atomic E-state index is 11.9. The molecule has 3 rings (SSSR count). The van der Waals surface area contributed by atoms with Gasteiger partial charge in [-0.05, 0) is 24.3 Å². The molecule has 26 heavy (non-hydrogen) atoms. The SMILES string of the molecule is O=C(COc1ccc([N+](=O)[O-])cc1)NCc1csc(-c2ccncc2)n1. The van der Waals surface area contributed by atoms with E-state index in [2.05, 4.69) is 15.3 Å². The standard InChI is InChI=1S/C17H14N4O4S/c22-16(10-25-15-3-1-14(2-4-15)21(23)24)19-9-13-11-26-17(20-13)12-5-7-18-8-6-12/h1-8,11H,9-10H2,(H,19,22). The van der Waals surface area contributed by atoms with Crippen LogP contribution < -0.4 is 10.1 Å². The molecule has 0 aliphatic carbocycles. The highest BCUT2D eigenvalue weighted by Crippen LogP contribution is 2.22. The minimum atomic E-state index is -0.495. The largest absolute Gasteiger partial charge is 0.484 e. The molecule has 0 aliphatic rings. The number of carbonyl (C=O) groups excluding carboxylic acids is 1. The molecule has 0 radical (unpaired) electrons. The molecule has 9 heteroatoms. The Hall–Kier alpha value is -3.33. The lowest BCUT2D eigenvalue weighted by atomic mass is 10.3. The third kappa shape index (κ3) is 4.61. The third-order valence-electron chi connectivity index (χ3n) is 3.36. The number of carbonyl (C=O) groups is 1. The van der Waals surface area contributed by atoms with Crippen molar-refractivity contribution in [2.24, 2.45) is 0 Å². The quantitative estimate of drug-likeness (QED) is 0.506. The number of nitro benzene ring substituents is 1. The highest BCUT2D eigenvalue weighted by atomic mass is 32.1. The highest BCUT2D eigenvalue weighted by molar-refractivity contribution is 7.13. The number of hydrogen-bond donors (Lipinski definition) is 1. The fourth-order valence-electron chi connectivity index (χ4n) is 2.07. The molecular weight excluding hydrogens is 356 g/mol. The molecule has 0 atom stereocenters. The molecule has 2 aromatic heterocycles. The van der Waals surface area contributed by atoms with E-state index in [0.29, 0.717) is 12.3 Å². The molecule has 1 N–H and O–H groups in total. The first-order valence-corrected chi connectivity index (χ1v) is 8.48. The van der Waals surface area contributed by atoms with Crippen molar-refractivity contribution in [2.75, 3.05) is 6.61 Å². The Labute approximate surface area is 152 Å². The van der Waals surface area contributed by atoms with E-state index in [1.807, 2.05) is 17.5 Å². The van der Waals surface area contributed by atoms with Crippen LogP contribution in [0.4, 0.5) is 5.69 Å². The van der Waals surface area contributed by atoms with Gasteiger partial charge in [-0.3, -0.25) is 19.9 Å². The molecular formula is C17H14N4O4S. The maximum absolute atomic E-state index is 11.9. The molecule has 0 fully saturated rings. The molecule has 0 bridgehead atoms. The van der Waals surface area contributed by atoms with Crippen molar-refractivity contribution < 1.29 is 14.5 Å². The maximum Gasteiger partial charge on any atom is 0.269 e. The van der Waals surface area contributed by atoms with E-state index in [4.69, 9.17) is 4.74 Å². The fourth-order valence-corrected chi connectivity index (χ4v) is 2.89. The lowest BCUT2D eigenvalue weighted by Crippen LogP contribution is -2.28. The van der Waals surface area contributed by atoms with Crippen LogP contribution in [0.1, 0.15) is 5.69 Å². The molecule has 8 nitrogen and oxygen atoms in total. The minimum absolute atomic E-state index is 0.0321. The van der Waals surface area contributed by atoms with E-state index in [0.717, 1.165) is 16.3 Å².